The minimum Gasteiger partial charge on any atom is -0.394 e. The summed E-state index contributed by atoms with van der Waals surface area (Å²) in [7, 11) is 0. The van der Waals surface area contributed by atoms with Crippen LogP contribution in [0.25, 0.3) is 0 Å². The van der Waals surface area contributed by atoms with Crippen molar-refractivity contribution in [1.29, 1.82) is 0 Å². The molecule has 2 aliphatic carbocycles. The Hall–Kier alpha value is -0.730. The normalized spacial score (nSPS) is 33.5. The molecule has 0 aromatic rings. The van der Waals surface area contributed by atoms with E-state index in [4.69, 9.17) is 9.47 Å². The number of carbonyl (C=O) groups excluding carboxylic acids is 1. The van der Waals surface area contributed by atoms with E-state index in [1.165, 1.54) is 64.2 Å². The summed E-state index contributed by atoms with van der Waals surface area (Å²) in [5.74, 6) is 1.56. The summed E-state index contributed by atoms with van der Waals surface area (Å²) in [5.41, 5.74) is 0. The highest BCUT2D eigenvalue weighted by Crippen LogP contribution is 2.41. The summed E-state index contributed by atoms with van der Waals surface area (Å²) in [6, 6.07) is 0. The molecule has 7 nitrogen and oxygen atoms in total. The van der Waals surface area contributed by atoms with E-state index in [1.807, 2.05) is 0 Å². The minimum absolute atomic E-state index is 0.0803. The van der Waals surface area contributed by atoms with Gasteiger partial charge in [0, 0.05) is 18.9 Å². The van der Waals surface area contributed by atoms with E-state index in [1.54, 1.807) is 6.92 Å². The topological polar surface area (TPSA) is 108 Å². The molecule has 3 rings (SSSR count). The zero-order valence-electron chi connectivity index (χ0n) is 19.1. The first-order valence-corrected chi connectivity index (χ1v) is 12.5. The van der Waals surface area contributed by atoms with Crippen LogP contribution in [0.3, 0.4) is 0 Å². The molecule has 5 atom stereocenters. The van der Waals surface area contributed by atoms with Crippen LogP contribution in [0.5, 0.6) is 0 Å². The first-order chi connectivity index (χ1) is 15.0. The first kappa shape index (κ1) is 24.9. The summed E-state index contributed by atoms with van der Waals surface area (Å²) >= 11 is 0. The van der Waals surface area contributed by atoms with Crippen molar-refractivity contribution in [2.45, 2.75) is 102 Å². The van der Waals surface area contributed by atoms with Gasteiger partial charge in [-0.2, -0.15) is 0 Å². The third-order valence-corrected chi connectivity index (χ3v) is 7.88. The molecule has 4 N–H and O–H groups in total. The van der Waals surface area contributed by atoms with Gasteiger partial charge < -0.3 is 30.1 Å². The van der Waals surface area contributed by atoms with Crippen molar-refractivity contribution in [1.82, 2.24) is 5.32 Å². The molecular weight excluding hydrogens is 398 g/mol. The number of amides is 1. The summed E-state index contributed by atoms with van der Waals surface area (Å²) < 4.78 is 11.1. The van der Waals surface area contributed by atoms with Crippen molar-refractivity contribution in [3.05, 3.63) is 0 Å². The molecule has 7 heteroatoms. The molecule has 0 aromatic carbocycles. The predicted octanol–water partition coefficient (Wildman–Crippen LogP) is 2.36. The third kappa shape index (κ3) is 6.87. The lowest BCUT2D eigenvalue weighted by molar-refractivity contribution is -0.287. The van der Waals surface area contributed by atoms with Crippen molar-refractivity contribution in [3.63, 3.8) is 0 Å². The largest absolute Gasteiger partial charge is 0.394 e. The van der Waals surface area contributed by atoms with Crippen LogP contribution in [-0.2, 0) is 14.3 Å². The summed E-state index contributed by atoms with van der Waals surface area (Å²) in [4.78, 5) is 12.7. The third-order valence-electron chi connectivity index (χ3n) is 7.88. The van der Waals surface area contributed by atoms with Crippen LogP contribution in [0.1, 0.15) is 77.6 Å². The second-order valence-electron chi connectivity index (χ2n) is 9.95. The molecule has 0 bridgehead atoms. The zero-order valence-corrected chi connectivity index (χ0v) is 19.1. The van der Waals surface area contributed by atoms with E-state index in [2.05, 4.69) is 5.32 Å². The Morgan fingerprint density at radius 2 is 1.58 bits per heavy atom. The van der Waals surface area contributed by atoms with Gasteiger partial charge in [-0.25, -0.2) is 0 Å². The van der Waals surface area contributed by atoms with Crippen LogP contribution in [0.2, 0.25) is 0 Å². The average molecular weight is 442 g/mol. The second-order valence-corrected chi connectivity index (χ2v) is 9.95. The van der Waals surface area contributed by atoms with Crippen molar-refractivity contribution >= 4 is 5.91 Å². The van der Waals surface area contributed by atoms with Gasteiger partial charge in [0.1, 0.15) is 6.10 Å². The molecule has 1 saturated heterocycles. The Balaban J connectivity index is 1.43. The van der Waals surface area contributed by atoms with Crippen LogP contribution in [0, 0.1) is 23.7 Å². The van der Waals surface area contributed by atoms with E-state index in [9.17, 15) is 20.1 Å². The van der Waals surface area contributed by atoms with Gasteiger partial charge in [0.05, 0.1) is 25.4 Å². The molecule has 3 aliphatic rings. The number of carbonyl (C=O) groups is 1. The summed E-state index contributed by atoms with van der Waals surface area (Å²) in [5, 5.41) is 32.7. The minimum atomic E-state index is -1.17. The molecule has 2 saturated carbocycles. The fraction of sp³-hybridized carbons (Fsp3) is 0.958. The van der Waals surface area contributed by atoms with Crippen LogP contribution >= 0.6 is 0 Å². The van der Waals surface area contributed by atoms with E-state index in [0.717, 1.165) is 0 Å². The van der Waals surface area contributed by atoms with Crippen molar-refractivity contribution in [2.75, 3.05) is 19.8 Å². The summed E-state index contributed by atoms with van der Waals surface area (Å²) in [6.45, 7) is 2.00. The van der Waals surface area contributed by atoms with Crippen LogP contribution in [-0.4, -0.2) is 65.6 Å². The average Bonchev–Trinajstić information content (AvgIpc) is 2.81. The lowest BCUT2D eigenvalue weighted by atomic mass is 9.68. The van der Waals surface area contributed by atoms with Crippen LogP contribution in [0.15, 0.2) is 0 Å². The Kier molecular flexibility index (Phi) is 10.0. The Morgan fingerprint density at radius 1 is 1.00 bits per heavy atom. The van der Waals surface area contributed by atoms with Gasteiger partial charge in [0.2, 0.25) is 5.91 Å². The van der Waals surface area contributed by atoms with Crippen LogP contribution < -0.4 is 5.32 Å². The molecule has 0 spiro atoms. The van der Waals surface area contributed by atoms with Crippen molar-refractivity contribution < 1.29 is 29.6 Å². The SMILES string of the molecule is C[C@H]1C(CO)O[C@H](OCCNC(=O)CC(C2CCCCC2)C2CCCCC2)[C@H](O)C1O. The number of ether oxygens (including phenoxy) is 2. The van der Waals surface area contributed by atoms with Gasteiger partial charge in [-0.3, -0.25) is 4.79 Å². The van der Waals surface area contributed by atoms with Gasteiger partial charge in [0.15, 0.2) is 6.29 Å². The Bertz CT molecular complexity index is 514. The molecule has 1 amide bonds. The van der Waals surface area contributed by atoms with E-state index in [0.29, 0.717) is 30.7 Å². The highest BCUT2D eigenvalue weighted by molar-refractivity contribution is 5.76. The number of aliphatic hydroxyl groups is 3. The molecule has 1 heterocycles. The van der Waals surface area contributed by atoms with E-state index >= 15 is 0 Å². The van der Waals surface area contributed by atoms with Gasteiger partial charge in [-0.1, -0.05) is 71.1 Å². The van der Waals surface area contributed by atoms with E-state index < -0.39 is 24.6 Å². The molecule has 1 aliphatic heterocycles. The quantitative estimate of drug-likeness (QED) is 0.409. The van der Waals surface area contributed by atoms with Crippen molar-refractivity contribution in [3.8, 4) is 0 Å². The number of aliphatic hydroxyl groups excluding tert-OH is 3. The highest BCUT2D eigenvalue weighted by Gasteiger charge is 2.42. The molecule has 180 valence electrons. The van der Waals surface area contributed by atoms with Gasteiger partial charge in [-0.05, 0) is 17.8 Å². The van der Waals surface area contributed by atoms with Crippen molar-refractivity contribution in [2.24, 2.45) is 23.7 Å². The smallest absolute Gasteiger partial charge is 0.220 e. The monoisotopic (exact) mass is 441 g/mol. The fourth-order valence-electron chi connectivity index (χ4n) is 5.91. The zero-order chi connectivity index (χ0) is 22.2. The molecule has 0 radical (unpaired) electrons. The number of nitrogens with one attached hydrogen (secondary N) is 1. The molecule has 31 heavy (non-hydrogen) atoms. The van der Waals surface area contributed by atoms with Crippen LogP contribution in [0.4, 0.5) is 0 Å². The Labute approximate surface area is 186 Å². The fourth-order valence-corrected chi connectivity index (χ4v) is 5.91. The maximum Gasteiger partial charge on any atom is 0.220 e. The highest BCUT2D eigenvalue weighted by atomic mass is 16.7. The molecule has 3 fully saturated rings. The van der Waals surface area contributed by atoms with Gasteiger partial charge in [0.25, 0.3) is 0 Å². The number of rotatable bonds is 9. The maximum absolute atomic E-state index is 12.7. The number of hydrogen-bond donors (Lipinski definition) is 4. The molecule has 0 aromatic heterocycles. The standard InChI is InChI=1S/C24H43NO6/c1-16-20(15-26)31-24(23(29)22(16)28)30-13-12-25-21(27)14-19(17-8-4-2-5-9-17)18-10-6-3-7-11-18/h16-20,22-24,26,28-29H,2-15H2,1H3,(H,25,27)/t16-,20?,22?,23+,24-/m0/s1. The lowest BCUT2D eigenvalue weighted by Crippen LogP contribution is -2.55. The van der Waals surface area contributed by atoms with Gasteiger partial charge in [-0.15, -0.1) is 0 Å². The van der Waals surface area contributed by atoms with Gasteiger partial charge >= 0.3 is 0 Å². The molecular formula is C24H43NO6. The van der Waals surface area contributed by atoms with E-state index in [-0.39, 0.29) is 25.0 Å². The second kappa shape index (κ2) is 12.5. The number of hydrogen-bond acceptors (Lipinski definition) is 6. The first-order valence-electron chi connectivity index (χ1n) is 12.5. The maximum atomic E-state index is 12.7. The molecule has 2 unspecified atom stereocenters. The Morgan fingerprint density at radius 3 is 2.13 bits per heavy atom. The summed E-state index contributed by atoms with van der Waals surface area (Å²) in [6.07, 6.45) is 9.74. The lowest BCUT2D eigenvalue weighted by Gasteiger charge is -2.40. The predicted molar refractivity (Wildman–Crippen MR) is 117 cm³/mol.